The van der Waals surface area contributed by atoms with E-state index in [4.69, 9.17) is 0 Å². The summed E-state index contributed by atoms with van der Waals surface area (Å²) >= 11 is 0. The highest BCUT2D eigenvalue weighted by Crippen LogP contribution is 2.43. The second-order valence-corrected chi connectivity index (χ2v) is 6.21. The van der Waals surface area contributed by atoms with Gasteiger partial charge in [0, 0.05) is 13.1 Å². The van der Waals surface area contributed by atoms with Crippen LogP contribution < -0.4 is 5.32 Å². The molecule has 2 heterocycles. The Labute approximate surface area is 106 Å². The van der Waals surface area contributed by atoms with Crippen LogP contribution in [0.5, 0.6) is 0 Å². The smallest absolute Gasteiger partial charge is 0.00395 e. The lowest BCUT2D eigenvalue weighted by molar-refractivity contribution is 0.193. The SMILES string of the molecule is CC1CC1CN1CCC2(CCNCC2)C1.Cl. The van der Waals surface area contributed by atoms with Crippen molar-refractivity contribution >= 4 is 12.4 Å². The summed E-state index contributed by atoms with van der Waals surface area (Å²) in [5.41, 5.74) is 0.712. The van der Waals surface area contributed by atoms with Crippen LogP contribution in [0.2, 0.25) is 0 Å². The Morgan fingerprint density at radius 1 is 1.25 bits per heavy atom. The van der Waals surface area contributed by atoms with Gasteiger partial charge in [-0.1, -0.05) is 6.92 Å². The molecule has 3 fully saturated rings. The third-order valence-electron chi connectivity index (χ3n) is 4.95. The minimum Gasteiger partial charge on any atom is -0.317 e. The summed E-state index contributed by atoms with van der Waals surface area (Å²) in [4.78, 5) is 2.75. The molecule has 3 rings (SSSR count). The largest absolute Gasteiger partial charge is 0.317 e. The molecule has 2 aliphatic heterocycles. The molecule has 1 saturated carbocycles. The van der Waals surface area contributed by atoms with Crippen LogP contribution in [-0.4, -0.2) is 37.6 Å². The molecule has 0 aromatic heterocycles. The van der Waals surface area contributed by atoms with E-state index in [1.54, 1.807) is 0 Å². The maximum absolute atomic E-state index is 3.49. The maximum Gasteiger partial charge on any atom is 0.00395 e. The summed E-state index contributed by atoms with van der Waals surface area (Å²) in [6.45, 7) is 9.10. The number of likely N-dealkylation sites (tertiary alicyclic amines) is 1. The van der Waals surface area contributed by atoms with Gasteiger partial charge < -0.3 is 10.2 Å². The van der Waals surface area contributed by atoms with Crippen molar-refractivity contribution in [1.82, 2.24) is 10.2 Å². The van der Waals surface area contributed by atoms with Gasteiger partial charge in [0.2, 0.25) is 0 Å². The topological polar surface area (TPSA) is 15.3 Å². The quantitative estimate of drug-likeness (QED) is 0.801. The highest BCUT2D eigenvalue weighted by atomic mass is 35.5. The summed E-state index contributed by atoms with van der Waals surface area (Å²) < 4.78 is 0. The number of halogens is 1. The van der Waals surface area contributed by atoms with E-state index in [1.165, 1.54) is 58.4 Å². The maximum atomic E-state index is 3.49. The number of nitrogens with zero attached hydrogens (tertiary/aromatic N) is 1. The van der Waals surface area contributed by atoms with Crippen molar-refractivity contribution in [2.24, 2.45) is 17.3 Å². The predicted octanol–water partition coefficient (Wildman–Crippen LogP) is 2.14. The van der Waals surface area contributed by atoms with E-state index in [2.05, 4.69) is 17.1 Å². The molecule has 1 aliphatic carbocycles. The lowest BCUT2D eigenvalue weighted by atomic mass is 9.78. The molecular formula is C13H25ClN2. The molecule has 0 radical (unpaired) electrons. The molecule has 0 aromatic rings. The number of hydrogen-bond acceptors (Lipinski definition) is 2. The van der Waals surface area contributed by atoms with Gasteiger partial charge in [-0.2, -0.15) is 0 Å². The lowest BCUT2D eigenvalue weighted by Gasteiger charge is -2.34. The van der Waals surface area contributed by atoms with E-state index in [0.717, 1.165) is 11.8 Å². The normalized spacial score (nSPS) is 37.3. The molecule has 0 bridgehead atoms. The number of rotatable bonds is 2. The minimum atomic E-state index is 0. The highest BCUT2D eigenvalue weighted by Gasteiger charge is 2.41. The monoisotopic (exact) mass is 244 g/mol. The molecule has 2 atom stereocenters. The van der Waals surface area contributed by atoms with Crippen molar-refractivity contribution in [2.45, 2.75) is 32.6 Å². The Hall–Kier alpha value is 0.210. The zero-order valence-corrected chi connectivity index (χ0v) is 11.2. The van der Waals surface area contributed by atoms with Gasteiger partial charge in [0.1, 0.15) is 0 Å². The molecule has 3 aliphatic rings. The molecule has 94 valence electrons. The van der Waals surface area contributed by atoms with E-state index in [-0.39, 0.29) is 12.4 Å². The first kappa shape index (κ1) is 12.7. The Morgan fingerprint density at radius 3 is 2.56 bits per heavy atom. The molecule has 0 aromatic carbocycles. The average Bonchev–Trinajstić information content (AvgIpc) is 2.78. The van der Waals surface area contributed by atoms with Crippen LogP contribution in [0.15, 0.2) is 0 Å². The van der Waals surface area contributed by atoms with Gasteiger partial charge in [-0.05, 0) is 62.6 Å². The molecule has 1 N–H and O–H groups in total. The van der Waals surface area contributed by atoms with E-state index in [0.29, 0.717) is 5.41 Å². The Bertz CT molecular complexity index is 238. The second kappa shape index (κ2) is 4.83. The van der Waals surface area contributed by atoms with Crippen LogP contribution in [0.4, 0.5) is 0 Å². The van der Waals surface area contributed by atoms with E-state index in [1.807, 2.05) is 0 Å². The van der Waals surface area contributed by atoms with Crippen LogP contribution in [0.25, 0.3) is 0 Å². The van der Waals surface area contributed by atoms with Gasteiger partial charge in [-0.15, -0.1) is 12.4 Å². The molecule has 2 saturated heterocycles. The Balaban J connectivity index is 0.000000963. The van der Waals surface area contributed by atoms with Crippen molar-refractivity contribution in [1.29, 1.82) is 0 Å². The summed E-state index contributed by atoms with van der Waals surface area (Å²) in [5, 5.41) is 3.49. The van der Waals surface area contributed by atoms with E-state index < -0.39 is 0 Å². The van der Waals surface area contributed by atoms with Gasteiger partial charge >= 0.3 is 0 Å². The number of piperidine rings is 1. The molecule has 16 heavy (non-hydrogen) atoms. The predicted molar refractivity (Wildman–Crippen MR) is 70.1 cm³/mol. The van der Waals surface area contributed by atoms with E-state index in [9.17, 15) is 0 Å². The zero-order valence-electron chi connectivity index (χ0n) is 10.4. The molecule has 3 heteroatoms. The van der Waals surface area contributed by atoms with Crippen molar-refractivity contribution in [2.75, 3.05) is 32.7 Å². The van der Waals surface area contributed by atoms with Crippen LogP contribution >= 0.6 is 12.4 Å². The van der Waals surface area contributed by atoms with Crippen LogP contribution in [-0.2, 0) is 0 Å². The van der Waals surface area contributed by atoms with Gasteiger partial charge in [-0.3, -0.25) is 0 Å². The molecule has 2 unspecified atom stereocenters. The standard InChI is InChI=1S/C13H24N2.ClH/c1-11-8-12(11)9-15-7-4-13(10-15)2-5-14-6-3-13;/h11-12,14H,2-10H2,1H3;1H. The summed E-state index contributed by atoms with van der Waals surface area (Å²) in [6.07, 6.45) is 5.80. The first-order valence-electron chi connectivity index (χ1n) is 6.71. The van der Waals surface area contributed by atoms with Gasteiger partial charge in [0.15, 0.2) is 0 Å². The Morgan fingerprint density at radius 2 is 1.94 bits per heavy atom. The lowest BCUT2D eigenvalue weighted by Crippen LogP contribution is -2.39. The van der Waals surface area contributed by atoms with Crippen LogP contribution in [0, 0.1) is 17.3 Å². The highest BCUT2D eigenvalue weighted by molar-refractivity contribution is 5.85. The fraction of sp³-hybridized carbons (Fsp3) is 1.00. The number of nitrogens with one attached hydrogen (secondary N) is 1. The minimum absolute atomic E-state index is 0. The van der Waals surface area contributed by atoms with Crippen molar-refractivity contribution < 1.29 is 0 Å². The summed E-state index contributed by atoms with van der Waals surface area (Å²) in [7, 11) is 0. The first-order chi connectivity index (χ1) is 7.27. The van der Waals surface area contributed by atoms with Crippen molar-refractivity contribution in [3.63, 3.8) is 0 Å². The molecular weight excluding hydrogens is 220 g/mol. The molecule has 2 nitrogen and oxygen atoms in total. The van der Waals surface area contributed by atoms with Crippen molar-refractivity contribution in [3.8, 4) is 0 Å². The Kier molecular flexibility index (Phi) is 3.82. The van der Waals surface area contributed by atoms with E-state index >= 15 is 0 Å². The fourth-order valence-electron chi connectivity index (χ4n) is 3.53. The summed E-state index contributed by atoms with van der Waals surface area (Å²) in [6, 6.07) is 0. The average molecular weight is 245 g/mol. The van der Waals surface area contributed by atoms with Gasteiger partial charge in [-0.25, -0.2) is 0 Å². The van der Waals surface area contributed by atoms with Gasteiger partial charge in [0.05, 0.1) is 0 Å². The van der Waals surface area contributed by atoms with Crippen LogP contribution in [0.1, 0.15) is 32.6 Å². The summed E-state index contributed by atoms with van der Waals surface area (Å²) in [5.74, 6) is 2.07. The van der Waals surface area contributed by atoms with Crippen LogP contribution in [0.3, 0.4) is 0 Å². The zero-order chi connectivity index (χ0) is 10.3. The fourth-order valence-corrected chi connectivity index (χ4v) is 3.53. The van der Waals surface area contributed by atoms with Gasteiger partial charge in [0.25, 0.3) is 0 Å². The molecule has 1 spiro atoms. The second-order valence-electron chi connectivity index (χ2n) is 6.21. The number of hydrogen-bond donors (Lipinski definition) is 1. The van der Waals surface area contributed by atoms with Crippen molar-refractivity contribution in [3.05, 3.63) is 0 Å². The molecule has 0 amide bonds. The first-order valence-corrected chi connectivity index (χ1v) is 6.71. The third kappa shape index (κ3) is 2.55. The third-order valence-corrected chi connectivity index (χ3v) is 4.95.